The van der Waals surface area contributed by atoms with E-state index < -0.39 is 21.7 Å². The molecule has 3 aromatic rings. The molecule has 0 aliphatic heterocycles. The molecule has 0 radical (unpaired) electrons. The number of halogens is 2. The largest absolute Gasteiger partial charge is 0.360 e. The summed E-state index contributed by atoms with van der Waals surface area (Å²) in [6.45, 7) is 0.239. The number of benzene rings is 2. The lowest BCUT2D eigenvalue weighted by molar-refractivity contribution is 0.581. The number of aromatic amines is 1. The first-order chi connectivity index (χ1) is 11.4. The normalized spacial score (nSPS) is 12.0. The maximum absolute atomic E-state index is 14.3. The average molecular weight is 351 g/mol. The molecule has 24 heavy (non-hydrogen) atoms. The van der Waals surface area contributed by atoms with Crippen molar-refractivity contribution in [3.63, 3.8) is 0 Å². The molecule has 1 aromatic heterocycles. The second kappa shape index (κ2) is 6.31. The van der Waals surface area contributed by atoms with Crippen LogP contribution in [0.4, 0.5) is 8.78 Å². The molecular formula is C16H15F2N3O2S. The first kappa shape index (κ1) is 16.6. The van der Waals surface area contributed by atoms with Crippen LogP contribution in [0.1, 0.15) is 0 Å². The van der Waals surface area contributed by atoms with Crippen LogP contribution in [-0.4, -0.2) is 26.5 Å². The monoisotopic (exact) mass is 351 g/mol. The van der Waals surface area contributed by atoms with Crippen LogP contribution in [0.3, 0.4) is 0 Å². The summed E-state index contributed by atoms with van der Waals surface area (Å²) >= 11 is 0. The summed E-state index contributed by atoms with van der Waals surface area (Å²) in [5.74, 6) is -0.989. The Kier molecular flexibility index (Phi) is 4.35. The zero-order chi connectivity index (χ0) is 17.3. The Bertz CT molecular complexity index is 1000. The van der Waals surface area contributed by atoms with Gasteiger partial charge in [0.1, 0.15) is 11.6 Å². The van der Waals surface area contributed by atoms with E-state index in [9.17, 15) is 17.2 Å². The maximum Gasteiger partial charge on any atom is 0.240 e. The van der Waals surface area contributed by atoms with Crippen molar-refractivity contribution >= 4 is 20.9 Å². The van der Waals surface area contributed by atoms with Crippen LogP contribution in [0.5, 0.6) is 0 Å². The minimum atomic E-state index is -3.78. The molecule has 0 spiro atoms. The van der Waals surface area contributed by atoms with Gasteiger partial charge >= 0.3 is 0 Å². The Hall–Kier alpha value is -2.29. The maximum atomic E-state index is 14.3. The number of hydrogen-bond donors (Lipinski definition) is 3. The second-order valence-electron chi connectivity index (χ2n) is 5.22. The molecule has 0 aliphatic carbocycles. The molecule has 0 aliphatic rings. The highest BCUT2D eigenvalue weighted by atomic mass is 32.2. The molecule has 8 heteroatoms. The Labute approximate surface area is 137 Å². The van der Waals surface area contributed by atoms with Gasteiger partial charge in [-0.2, -0.15) is 0 Å². The molecule has 0 unspecified atom stereocenters. The SMILES string of the molecule is NCCNS(=O)(=O)c1ccc(F)c(-c2c[nH]c3cc(F)ccc23)c1. The topological polar surface area (TPSA) is 88.0 Å². The second-order valence-corrected chi connectivity index (χ2v) is 6.99. The van der Waals surface area contributed by atoms with Crippen LogP contribution >= 0.6 is 0 Å². The van der Waals surface area contributed by atoms with Gasteiger partial charge in [0.25, 0.3) is 0 Å². The summed E-state index contributed by atoms with van der Waals surface area (Å²) < 4.78 is 54.2. The van der Waals surface area contributed by atoms with Gasteiger partial charge in [-0.15, -0.1) is 0 Å². The highest BCUT2D eigenvalue weighted by Crippen LogP contribution is 2.32. The Morgan fingerprint density at radius 2 is 1.88 bits per heavy atom. The van der Waals surface area contributed by atoms with E-state index in [1.165, 1.54) is 36.5 Å². The quantitative estimate of drug-likeness (QED) is 0.659. The molecule has 126 valence electrons. The number of hydrogen-bond acceptors (Lipinski definition) is 3. The Morgan fingerprint density at radius 3 is 2.62 bits per heavy atom. The summed E-state index contributed by atoms with van der Waals surface area (Å²) in [6.07, 6.45) is 1.52. The molecule has 2 aromatic carbocycles. The number of sulfonamides is 1. The van der Waals surface area contributed by atoms with E-state index in [0.717, 1.165) is 6.07 Å². The number of fused-ring (bicyclic) bond motifs is 1. The van der Waals surface area contributed by atoms with Crippen LogP contribution in [0.2, 0.25) is 0 Å². The zero-order valence-electron chi connectivity index (χ0n) is 12.5. The van der Waals surface area contributed by atoms with Crippen LogP contribution in [0.25, 0.3) is 22.0 Å². The van der Waals surface area contributed by atoms with Gasteiger partial charge in [-0.05, 0) is 36.4 Å². The number of rotatable bonds is 5. The molecule has 0 fully saturated rings. The Balaban J connectivity index is 2.12. The molecule has 4 N–H and O–H groups in total. The van der Waals surface area contributed by atoms with Crippen LogP contribution in [-0.2, 0) is 10.0 Å². The molecule has 0 bridgehead atoms. The molecule has 0 saturated carbocycles. The van der Waals surface area contributed by atoms with Gasteiger partial charge in [0.05, 0.1) is 4.90 Å². The fourth-order valence-electron chi connectivity index (χ4n) is 2.48. The zero-order valence-corrected chi connectivity index (χ0v) is 13.3. The lowest BCUT2D eigenvalue weighted by Gasteiger charge is -2.08. The number of nitrogens with one attached hydrogen (secondary N) is 2. The fourth-order valence-corrected chi connectivity index (χ4v) is 3.55. The lowest BCUT2D eigenvalue weighted by atomic mass is 10.0. The van der Waals surface area contributed by atoms with Crippen molar-refractivity contribution in [3.05, 3.63) is 54.2 Å². The van der Waals surface area contributed by atoms with Crippen LogP contribution in [0.15, 0.2) is 47.5 Å². The standard InChI is InChI=1S/C16H15F2N3O2S/c17-10-1-3-12-14(9-20-16(12)7-10)13-8-11(2-4-15(13)18)24(22,23)21-6-5-19/h1-4,7-9,20-21H,5-6,19H2. The number of H-pyrrole nitrogens is 1. The van der Waals surface area contributed by atoms with Crippen molar-refractivity contribution < 1.29 is 17.2 Å². The van der Waals surface area contributed by atoms with Crippen molar-refractivity contribution in [2.45, 2.75) is 4.90 Å². The van der Waals surface area contributed by atoms with Gasteiger partial charge < -0.3 is 10.7 Å². The summed E-state index contributed by atoms with van der Waals surface area (Å²) in [4.78, 5) is 2.79. The van der Waals surface area contributed by atoms with Gasteiger partial charge in [0.2, 0.25) is 10.0 Å². The van der Waals surface area contributed by atoms with Crippen LogP contribution in [0, 0.1) is 11.6 Å². The van der Waals surface area contributed by atoms with E-state index in [4.69, 9.17) is 5.73 Å². The van der Waals surface area contributed by atoms with Gasteiger partial charge in [-0.25, -0.2) is 21.9 Å². The third-order valence-corrected chi connectivity index (χ3v) is 5.08. The highest BCUT2D eigenvalue weighted by Gasteiger charge is 2.18. The summed E-state index contributed by atoms with van der Waals surface area (Å²) in [5, 5.41) is 0.597. The van der Waals surface area contributed by atoms with Gasteiger partial charge in [0, 0.05) is 41.3 Å². The van der Waals surface area contributed by atoms with Crippen molar-refractivity contribution in [1.29, 1.82) is 0 Å². The smallest absolute Gasteiger partial charge is 0.240 e. The van der Waals surface area contributed by atoms with Crippen molar-refractivity contribution in [3.8, 4) is 11.1 Å². The molecule has 0 atom stereocenters. The minimum Gasteiger partial charge on any atom is -0.360 e. The molecule has 0 amide bonds. The lowest BCUT2D eigenvalue weighted by Crippen LogP contribution is -2.29. The van der Waals surface area contributed by atoms with E-state index in [1.807, 2.05) is 0 Å². The first-order valence-electron chi connectivity index (χ1n) is 7.18. The molecule has 1 heterocycles. The third-order valence-electron chi connectivity index (χ3n) is 3.62. The highest BCUT2D eigenvalue weighted by molar-refractivity contribution is 7.89. The van der Waals surface area contributed by atoms with E-state index in [2.05, 4.69) is 9.71 Å². The van der Waals surface area contributed by atoms with Crippen LogP contribution < -0.4 is 10.5 Å². The number of nitrogens with two attached hydrogens (primary N) is 1. The van der Waals surface area contributed by atoms with E-state index in [1.54, 1.807) is 0 Å². The van der Waals surface area contributed by atoms with E-state index in [0.29, 0.717) is 16.5 Å². The van der Waals surface area contributed by atoms with Crippen molar-refractivity contribution in [2.75, 3.05) is 13.1 Å². The minimum absolute atomic E-state index is 0.0659. The molecular weight excluding hydrogens is 336 g/mol. The third kappa shape index (κ3) is 3.03. The average Bonchev–Trinajstić information content (AvgIpc) is 2.96. The predicted molar refractivity (Wildman–Crippen MR) is 87.9 cm³/mol. The molecule has 5 nitrogen and oxygen atoms in total. The predicted octanol–water partition coefficient (Wildman–Crippen LogP) is 2.35. The Morgan fingerprint density at radius 1 is 1.08 bits per heavy atom. The summed E-state index contributed by atoms with van der Waals surface area (Å²) in [7, 11) is -3.78. The summed E-state index contributed by atoms with van der Waals surface area (Å²) in [5.41, 5.74) is 6.37. The first-order valence-corrected chi connectivity index (χ1v) is 8.67. The fraction of sp³-hybridized carbons (Fsp3) is 0.125. The van der Waals surface area contributed by atoms with Gasteiger partial charge in [-0.3, -0.25) is 0 Å². The van der Waals surface area contributed by atoms with E-state index in [-0.39, 0.29) is 23.5 Å². The molecule has 0 saturated heterocycles. The summed E-state index contributed by atoms with van der Waals surface area (Å²) in [6, 6.07) is 7.60. The van der Waals surface area contributed by atoms with Gasteiger partial charge in [0.15, 0.2) is 0 Å². The van der Waals surface area contributed by atoms with Crippen molar-refractivity contribution in [1.82, 2.24) is 9.71 Å². The van der Waals surface area contributed by atoms with Crippen molar-refractivity contribution in [2.24, 2.45) is 5.73 Å². The number of aromatic nitrogens is 1. The molecule has 3 rings (SSSR count). The van der Waals surface area contributed by atoms with Gasteiger partial charge in [-0.1, -0.05) is 0 Å². The van der Waals surface area contributed by atoms with E-state index >= 15 is 0 Å².